The molecule has 0 aliphatic carbocycles. The van der Waals surface area contributed by atoms with Gasteiger partial charge >= 0.3 is 0 Å². The van der Waals surface area contributed by atoms with Crippen molar-refractivity contribution in [3.05, 3.63) is 0 Å². The van der Waals surface area contributed by atoms with E-state index in [4.69, 9.17) is 5.73 Å². The van der Waals surface area contributed by atoms with E-state index in [1.54, 1.807) is 7.05 Å². The number of carbonyl (C=O) groups excluding carboxylic acids is 2. The number of hydrogen-bond donors (Lipinski definition) is 2. The zero-order valence-corrected chi connectivity index (χ0v) is 9.33. The highest BCUT2D eigenvalue weighted by atomic mass is 16.1. The highest BCUT2D eigenvalue weighted by Crippen LogP contribution is 2.31. The number of nitrogens with one attached hydrogen (secondary N) is 1. The summed E-state index contributed by atoms with van der Waals surface area (Å²) in [4.78, 5) is 22.0. The van der Waals surface area contributed by atoms with E-state index in [1.165, 1.54) is 0 Å². The van der Waals surface area contributed by atoms with E-state index < -0.39 is 17.4 Å². The molecule has 0 heterocycles. The summed E-state index contributed by atoms with van der Waals surface area (Å²) in [5.74, 6) is -0.578. The van der Waals surface area contributed by atoms with E-state index in [2.05, 4.69) is 5.32 Å². The molecule has 0 aromatic heterocycles. The Kier molecular flexibility index (Phi) is 4.77. The number of nitrogens with two attached hydrogens (primary N) is 1. The molecule has 4 nitrogen and oxygen atoms in total. The second-order valence-corrected chi connectivity index (χ2v) is 4.10. The van der Waals surface area contributed by atoms with Gasteiger partial charge in [-0.1, -0.05) is 20.8 Å². The number of rotatable bonds is 6. The minimum atomic E-state index is -0.474. The van der Waals surface area contributed by atoms with Gasteiger partial charge in [0.25, 0.3) is 0 Å². The molecule has 0 aromatic carbocycles. The molecule has 4 heteroatoms. The normalized spacial score (nSPS) is 16.0. The molecule has 0 radical (unpaired) electrons. The van der Waals surface area contributed by atoms with Crippen LogP contribution in [0, 0.1) is 11.3 Å². The fourth-order valence-corrected chi connectivity index (χ4v) is 1.89. The van der Waals surface area contributed by atoms with Crippen molar-refractivity contribution in [2.45, 2.75) is 33.2 Å². The topological polar surface area (TPSA) is 72.2 Å². The van der Waals surface area contributed by atoms with E-state index in [-0.39, 0.29) is 5.92 Å². The molecule has 0 saturated carbocycles. The van der Waals surface area contributed by atoms with Gasteiger partial charge in [-0.2, -0.15) is 0 Å². The SMILES string of the molecule is CCC(C=O)C(C)(C)C(NC)C(N)=O. The molecule has 0 aliphatic heterocycles. The zero-order valence-electron chi connectivity index (χ0n) is 9.33. The van der Waals surface area contributed by atoms with Gasteiger partial charge in [0, 0.05) is 5.92 Å². The maximum atomic E-state index is 11.2. The minimum absolute atomic E-state index is 0.160. The van der Waals surface area contributed by atoms with Crippen LogP contribution in [-0.4, -0.2) is 25.3 Å². The summed E-state index contributed by atoms with van der Waals surface area (Å²) in [5.41, 5.74) is 4.82. The summed E-state index contributed by atoms with van der Waals surface area (Å²) in [6, 6.07) is -0.474. The average Bonchev–Trinajstić information content (AvgIpc) is 2.05. The molecule has 1 amide bonds. The molecule has 0 aromatic rings. The third-order valence-corrected chi connectivity index (χ3v) is 2.88. The molecule has 0 fully saturated rings. The first-order valence-electron chi connectivity index (χ1n) is 4.83. The van der Waals surface area contributed by atoms with E-state index in [0.29, 0.717) is 6.42 Å². The summed E-state index contributed by atoms with van der Waals surface area (Å²) in [6.45, 7) is 5.68. The number of amides is 1. The maximum Gasteiger partial charge on any atom is 0.235 e. The van der Waals surface area contributed by atoms with Crippen molar-refractivity contribution in [3.8, 4) is 0 Å². The van der Waals surface area contributed by atoms with E-state index in [9.17, 15) is 9.59 Å². The van der Waals surface area contributed by atoms with Crippen LogP contribution in [0.3, 0.4) is 0 Å². The van der Waals surface area contributed by atoms with Gasteiger partial charge < -0.3 is 15.8 Å². The Balaban J connectivity index is 4.87. The van der Waals surface area contributed by atoms with Crippen LogP contribution in [0.1, 0.15) is 27.2 Å². The number of likely N-dealkylation sites (N-methyl/N-ethyl adjacent to an activating group) is 1. The van der Waals surface area contributed by atoms with Gasteiger partial charge in [-0.15, -0.1) is 0 Å². The van der Waals surface area contributed by atoms with Gasteiger partial charge in [0.1, 0.15) is 6.29 Å². The standard InChI is InChI=1S/C10H20N2O2/c1-5-7(6-13)10(2,3)8(12-4)9(11)14/h6-8,12H,5H2,1-4H3,(H2,11,14). The first kappa shape index (κ1) is 13.1. The summed E-state index contributed by atoms with van der Waals surface area (Å²) >= 11 is 0. The fourth-order valence-electron chi connectivity index (χ4n) is 1.89. The second kappa shape index (κ2) is 5.10. The fraction of sp³-hybridized carbons (Fsp3) is 0.800. The molecule has 14 heavy (non-hydrogen) atoms. The number of aldehydes is 1. The number of hydrogen-bond acceptors (Lipinski definition) is 3. The van der Waals surface area contributed by atoms with Crippen LogP contribution >= 0.6 is 0 Å². The lowest BCUT2D eigenvalue weighted by Crippen LogP contribution is -2.52. The van der Waals surface area contributed by atoms with Crippen LogP contribution in [-0.2, 0) is 9.59 Å². The Morgan fingerprint density at radius 3 is 2.29 bits per heavy atom. The van der Waals surface area contributed by atoms with Crippen LogP contribution in [0.25, 0.3) is 0 Å². The second-order valence-electron chi connectivity index (χ2n) is 4.10. The Morgan fingerprint density at radius 2 is 2.07 bits per heavy atom. The Bertz CT molecular complexity index is 214. The molecule has 0 bridgehead atoms. The molecule has 0 rings (SSSR count). The molecule has 0 spiro atoms. The average molecular weight is 200 g/mol. The predicted molar refractivity (Wildman–Crippen MR) is 55.7 cm³/mol. The van der Waals surface area contributed by atoms with Crippen molar-refractivity contribution >= 4 is 12.2 Å². The molecule has 0 saturated heterocycles. The Morgan fingerprint density at radius 1 is 1.57 bits per heavy atom. The van der Waals surface area contributed by atoms with Gasteiger partial charge in [0.15, 0.2) is 0 Å². The Labute approximate surface area is 85.2 Å². The van der Waals surface area contributed by atoms with Gasteiger partial charge in [-0.25, -0.2) is 0 Å². The van der Waals surface area contributed by atoms with Crippen molar-refractivity contribution in [1.29, 1.82) is 0 Å². The lowest BCUT2D eigenvalue weighted by atomic mass is 9.72. The largest absolute Gasteiger partial charge is 0.368 e. The third-order valence-electron chi connectivity index (χ3n) is 2.88. The van der Waals surface area contributed by atoms with Gasteiger partial charge in [-0.05, 0) is 18.9 Å². The summed E-state index contributed by atoms with van der Waals surface area (Å²) in [6.07, 6.45) is 1.61. The molecular weight excluding hydrogens is 180 g/mol. The predicted octanol–water partition coefficient (Wildman–Crippen LogP) is 0.311. The Hall–Kier alpha value is -0.900. The van der Waals surface area contributed by atoms with Crippen LogP contribution in [0.4, 0.5) is 0 Å². The molecule has 3 N–H and O–H groups in total. The lowest BCUT2D eigenvalue weighted by Gasteiger charge is -2.36. The molecular formula is C10H20N2O2. The molecule has 82 valence electrons. The number of primary amides is 1. The highest BCUT2D eigenvalue weighted by Gasteiger charge is 2.38. The zero-order chi connectivity index (χ0) is 11.4. The van der Waals surface area contributed by atoms with Crippen molar-refractivity contribution in [2.75, 3.05) is 7.05 Å². The van der Waals surface area contributed by atoms with Crippen LogP contribution in [0.2, 0.25) is 0 Å². The maximum absolute atomic E-state index is 11.2. The van der Waals surface area contributed by atoms with Gasteiger partial charge in [-0.3, -0.25) is 4.79 Å². The first-order valence-corrected chi connectivity index (χ1v) is 4.83. The summed E-state index contributed by atoms with van der Waals surface area (Å²) in [5, 5.41) is 2.86. The quantitative estimate of drug-likeness (QED) is 0.606. The molecule has 2 unspecified atom stereocenters. The smallest absolute Gasteiger partial charge is 0.235 e. The van der Waals surface area contributed by atoms with Gasteiger partial charge in [0.05, 0.1) is 6.04 Å². The third kappa shape index (κ3) is 2.54. The van der Waals surface area contributed by atoms with Crippen LogP contribution < -0.4 is 11.1 Å². The van der Waals surface area contributed by atoms with E-state index in [0.717, 1.165) is 6.29 Å². The van der Waals surface area contributed by atoms with Crippen LogP contribution in [0.15, 0.2) is 0 Å². The van der Waals surface area contributed by atoms with Crippen molar-refractivity contribution in [3.63, 3.8) is 0 Å². The van der Waals surface area contributed by atoms with Crippen molar-refractivity contribution in [2.24, 2.45) is 17.1 Å². The van der Waals surface area contributed by atoms with Crippen LogP contribution in [0.5, 0.6) is 0 Å². The van der Waals surface area contributed by atoms with E-state index >= 15 is 0 Å². The highest BCUT2D eigenvalue weighted by molar-refractivity contribution is 5.81. The first-order chi connectivity index (χ1) is 6.41. The van der Waals surface area contributed by atoms with E-state index in [1.807, 2.05) is 20.8 Å². The summed E-state index contributed by atoms with van der Waals surface area (Å²) in [7, 11) is 1.68. The van der Waals surface area contributed by atoms with Crippen molar-refractivity contribution < 1.29 is 9.59 Å². The lowest BCUT2D eigenvalue weighted by molar-refractivity contribution is -0.125. The monoisotopic (exact) mass is 200 g/mol. The molecule has 2 atom stereocenters. The summed E-state index contributed by atoms with van der Waals surface area (Å²) < 4.78 is 0. The van der Waals surface area contributed by atoms with Crippen molar-refractivity contribution in [1.82, 2.24) is 5.32 Å². The number of carbonyl (C=O) groups is 2. The van der Waals surface area contributed by atoms with Gasteiger partial charge in [0.2, 0.25) is 5.91 Å². The molecule has 0 aliphatic rings. The minimum Gasteiger partial charge on any atom is -0.368 e.